The second-order valence-corrected chi connectivity index (χ2v) is 4.21. The van der Waals surface area contributed by atoms with Crippen molar-refractivity contribution >= 4 is 0 Å². The lowest BCUT2D eigenvalue weighted by atomic mass is 10.1. The zero-order valence-corrected chi connectivity index (χ0v) is 11.0. The molecule has 1 atom stereocenters. The summed E-state index contributed by atoms with van der Waals surface area (Å²) in [6.07, 6.45) is 0. The molecule has 0 aliphatic rings. The fourth-order valence-electron chi connectivity index (χ4n) is 1.66. The molecule has 5 heteroatoms. The molecule has 0 saturated heterocycles. The van der Waals surface area contributed by atoms with Gasteiger partial charge in [0.15, 0.2) is 0 Å². The SMILES string of the molecule is CNCCN(C)C(C)c1ccc(OC(F)F)cc1. The summed E-state index contributed by atoms with van der Waals surface area (Å²) in [6.45, 7) is 1.14. The summed E-state index contributed by atoms with van der Waals surface area (Å²) >= 11 is 0. The molecule has 0 heterocycles. The van der Waals surface area contributed by atoms with Crippen LogP contribution in [0.25, 0.3) is 0 Å². The van der Waals surface area contributed by atoms with E-state index in [1.807, 2.05) is 26.2 Å². The van der Waals surface area contributed by atoms with E-state index in [9.17, 15) is 8.78 Å². The van der Waals surface area contributed by atoms with Gasteiger partial charge in [-0.1, -0.05) is 12.1 Å². The van der Waals surface area contributed by atoms with E-state index in [0.29, 0.717) is 0 Å². The van der Waals surface area contributed by atoms with Crippen LogP contribution < -0.4 is 10.1 Å². The van der Waals surface area contributed by atoms with E-state index >= 15 is 0 Å². The molecule has 0 aliphatic heterocycles. The summed E-state index contributed by atoms with van der Waals surface area (Å²) in [4.78, 5) is 2.19. The van der Waals surface area contributed by atoms with Gasteiger partial charge in [0.2, 0.25) is 0 Å². The van der Waals surface area contributed by atoms with Crippen LogP contribution in [0.3, 0.4) is 0 Å². The smallest absolute Gasteiger partial charge is 0.387 e. The number of likely N-dealkylation sites (N-methyl/N-ethyl adjacent to an activating group) is 2. The highest BCUT2D eigenvalue weighted by atomic mass is 19.3. The van der Waals surface area contributed by atoms with Gasteiger partial charge in [-0.05, 0) is 38.7 Å². The summed E-state index contributed by atoms with van der Waals surface area (Å²) in [6, 6.07) is 7.02. The topological polar surface area (TPSA) is 24.5 Å². The fraction of sp³-hybridized carbons (Fsp3) is 0.538. The van der Waals surface area contributed by atoms with Crippen LogP contribution in [0.5, 0.6) is 5.75 Å². The molecule has 1 unspecified atom stereocenters. The van der Waals surface area contributed by atoms with Crippen molar-refractivity contribution in [1.29, 1.82) is 0 Å². The van der Waals surface area contributed by atoms with Gasteiger partial charge in [-0.2, -0.15) is 8.78 Å². The maximum atomic E-state index is 12.0. The average Bonchev–Trinajstić information content (AvgIpc) is 2.35. The standard InChI is InChI=1S/C13H20F2N2O/c1-10(17(3)9-8-16-2)11-4-6-12(7-5-11)18-13(14)15/h4-7,10,13,16H,8-9H2,1-3H3. The van der Waals surface area contributed by atoms with Crippen LogP contribution in [0.1, 0.15) is 18.5 Å². The minimum Gasteiger partial charge on any atom is -0.435 e. The second kappa shape index (κ2) is 7.28. The third-order valence-corrected chi connectivity index (χ3v) is 2.96. The second-order valence-electron chi connectivity index (χ2n) is 4.21. The Hall–Kier alpha value is -1.20. The summed E-state index contributed by atoms with van der Waals surface area (Å²) < 4.78 is 28.3. The van der Waals surface area contributed by atoms with Crippen LogP contribution in [0.15, 0.2) is 24.3 Å². The van der Waals surface area contributed by atoms with Gasteiger partial charge in [0.05, 0.1) is 0 Å². The van der Waals surface area contributed by atoms with Crippen LogP contribution in [-0.4, -0.2) is 38.7 Å². The third kappa shape index (κ3) is 4.58. The van der Waals surface area contributed by atoms with Crippen molar-refractivity contribution in [2.75, 3.05) is 27.2 Å². The molecule has 0 bridgehead atoms. The van der Waals surface area contributed by atoms with Crippen molar-refractivity contribution in [3.8, 4) is 5.75 Å². The van der Waals surface area contributed by atoms with E-state index in [2.05, 4.69) is 21.9 Å². The molecule has 0 saturated carbocycles. The fourth-order valence-corrected chi connectivity index (χ4v) is 1.66. The number of benzene rings is 1. The predicted octanol–water partition coefficient (Wildman–Crippen LogP) is 2.50. The maximum absolute atomic E-state index is 12.0. The first-order chi connectivity index (χ1) is 8.54. The number of hydrogen-bond acceptors (Lipinski definition) is 3. The summed E-state index contributed by atoms with van der Waals surface area (Å²) in [5.41, 5.74) is 1.08. The first-order valence-corrected chi connectivity index (χ1v) is 5.94. The molecular formula is C13H20F2N2O. The number of rotatable bonds is 7. The van der Waals surface area contributed by atoms with Gasteiger partial charge >= 0.3 is 6.61 Å². The van der Waals surface area contributed by atoms with Gasteiger partial charge in [0.1, 0.15) is 5.75 Å². The number of alkyl halides is 2. The molecule has 0 spiro atoms. The largest absolute Gasteiger partial charge is 0.435 e. The normalized spacial score (nSPS) is 13.1. The Balaban J connectivity index is 2.60. The van der Waals surface area contributed by atoms with Crippen molar-refractivity contribution in [3.05, 3.63) is 29.8 Å². The Morgan fingerprint density at radius 3 is 2.39 bits per heavy atom. The number of halogens is 2. The zero-order chi connectivity index (χ0) is 13.5. The average molecular weight is 258 g/mol. The predicted molar refractivity (Wildman–Crippen MR) is 68.0 cm³/mol. The first kappa shape index (κ1) is 14.9. The van der Waals surface area contributed by atoms with Crippen LogP contribution in [-0.2, 0) is 0 Å². The molecule has 0 amide bonds. The van der Waals surface area contributed by atoms with E-state index in [1.54, 1.807) is 12.1 Å². The molecule has 18 heavy (non-hydrogen) atoms. The van der Waals surface area contributed by atoms with Crippen molar-refractivity contribution in [2.45, 2.75) is 19.6 Å². The van der Waals surface area contributed by atoms with E-state index in [4.69, 9.17) is 0 Å². The Morgan fingerprint density at radius 2 is 1.89 bits per heavy atom. The molecule has 1 aromatic carbocycles. The van der Waals surface area contributed by atoms with Gasteiger partial charge in [-0.3, -0.25) is 4.90 Å². The maximum Gasteiger partial charge on any atom is 0.387 e. The quantitative estimate of drug-likeness (QED) is 0.813. The Kier molecular flexibility index (Phi) is 6.01. The van der Waals surface area contributed by atoms with E-state index in [0.717, 1.165) is 18.7 Å². The number of hydrogen-bond donors (Lipinski definition) is 1. The molecular weight excluding hydrogens is 238 g/mol. The molecule has 102 valence electrons. The molecule has 1 aromatic rings. The van der Waals surface area contributed by atoms with Crippen molar-refractivity contribution in [2.24, 2.45) is 0 Å². The van der Waals surface area contributed by atoms with Crippen LogP contribution in [0.4, 0.5) is 8.78 Å². The first-order valence-electron chi connectivity index (χ1n) is 5.94. The molecule has 0 aliphatic carbocycles. The Morgan fingerprint density at radius 1 is 1.28 bits per heavy atom. The highest BCUT2D eigenvalue weighted by Gasteiger charge is 2.11. The number of ether oxygens (including phenoxy) is 1. The number of nitrogens with zero attached hydrogens (tertiary/aromatic N) is 1. The molecule has 1 rings (SSSR count). The van der Waals surface area contributed by atoms with Crippen LogP contribution >= 0.6 is 0 Å². The summed E-state index contributed by atoms with van der Waals surface area (Å²) in [5, 5.41) is 3.09. The summed E-state index contributed by atoms with van der Waals surface area (Å²) in [7, 11) is 3.94. The zero-order valence-electron chi connectivity index (χ0n) is 11.0. The van der Waals surface area contributed by atoms with Gasteiger partial charge in [0, 0.05) is 19.1 Å². The lowest BCUT2D eigenvalue weighted by Crippen LogP contribution is -2.29. The molecule has 0 aromatic heterocycles. The van der Waals surface area contributed by atoms with Crippen LogP contribution in [0.2, 0.25) is 0 Å². The van der Waals surface area contributed by atoms with Gasteiger partial charge in [-0.15, -0.1) is 0 Å². The lowest BCUT2D eigenvalue weighted by molar-refractivity contribution is -0.0498. The minimum absolute atomic E-state index is 0.193. The van der Waals surface area contributed by atoms with Gasteiger partial charge in [0.25, 0.3) is 0 Å². The Bertz CT molecular complexity index is 343. The minimum atomic E-state index is -2.77. The summed E-state index contributed by atoms with van der Waals surface area (Å²) in [5.74, 6) is 0.193. The molecule has 0 radical (unpaired) electrons. The molecule has 0 fully saturated rings. The molecule has 1 N–H and O–H groups in total. The highest BCUT2D eigenvalue weighted by molar-refractivity contribution is 5.29. The van der Waals surface area contributed by atoms with Gasteiger partial charge < -0.3 is 10.1 Å². The number of nitrogens with one attached hydrogen (secondary N) is 1. The van der Waals surface area contributed by atoms with E-state index in [-0.39, 0.29) is 11.8 Å². The van der Waals surface area contributed by atoms with Crippen molar-refractivity contribution in [1.82, 2.24) is 10.2 Å². The van der Waals surface area contributed by atoms with E-state index in [1.165, 1.54) is 0 Å². The third-order valence-electron chi connectivity index (χ3n) is 2.96. The Labute approximate surface area is 107 Å². The van der Waals surface area contributed by atoms with E-state index < -0.39 is 6.61 Å². The van der Waals surface area contributed by atoms with Crippen LogP contribution in [0, 0.1) is 0 Å². The molecule has 3 nitrogen and oxygen atoms in total. The van der Waals surface area contributed by atoms with Crippen molar-refractivity contribution < 1.29 is 13.5 Å². The monoisotopic (exact) mass is 258 g/mol. The van der Waals surface area contributed by atoms with Gasteiger partial charge in [-0.25, -0.2) is 0 Å². The highest BCUT2D eigenvalue weighted by Crippen LogP contribution is 2.22. The van der Waals surface area contributed by atoms with Crippen molar-refractivity contribution in [3.63, 3.8) is 0 Å². The lowest BCUT2D eigenvalue weighted by Gasteiger charge is -2.25.